The van der Waals surface area contributed by atoms with Gasteiger partial charge < -0.3 is 14.1 Å². The Morgan fingerprint density at radius 3 is 2.54 bits per heavy atom. The van der Waals surface area contributed by atoms with Crippen LogP contribution in [0.4, 0.5) is 0 Å². The van der Waals surface area contributed by atoms with Gasteiger partial charge in [-0.15, -0.1) is 0 Å². The van der Waals surface area contributed by atoms with Crippen molar-refractivity contribution >= 4 is 11.8 Å². The third-order valence-corrected chi connectivity index (χ3v) is 5.58. The molecule has 2 aromatic rings. The number of benzene rings is 1. The van der Waals surface area contributed by atoms with Gasteiger partial charge in [0.05, 0.1) is 18.6 Å². The highest BCUT2D eigenvalue weighted by Crippen LogP contribution is 2.46. The van der Waals surface area contributed by atoms with Gasteiger partial charge in [-0.05, 0) is 37.0 Å². The zero-order valence-corrected chi connectivity index (χ0v) is 16.3. The van der Waals surface area contributed by atoms with Crippen molar-refractivity contribution in [1.82, 2.24) is 4.90 Å². The highest BCUT2D eigenvalue weighted by molar-refractivity contribution is 6.03. The molecule has 144 valence electrons. The number of hydrogen-bond acceptors (Lipinski definition) is 5. The van der Waals surface area contributed by atoms with Crippen LogP contribution in [0.2, 0.25) is 0 Å². The van der Waals surface area contributed by atoms with Crippen LogP contribution in [0.1, 0.15) is 41.8 Å². The summed E-state index contributed by atoms with van der Waals surface area (Å²) in [7, 11) is 3.23. The maximum absolute atomic E-state index is 13.3. The molecule has 1 aromatic heterocycles. The van der Waals surface area contributed by atoms with E-state index in [0.29, 0.717) is 23.3 Å². The van der Waals surface area contributed by atoms with Crippen molar-refractivity contribution in [3.63, 3.8) is 0 Å². The summed E-state index contributed by atoms with van der Waals surface area (Å²) in [5.41, 5.74) is 3.16. The Kier molecular flexibility index (Phi) is 4.67. The van der Waals surface area contributed by atoms with Crippen molar-refractivity contribution in [2.75, 3.05) is 14.2 Å². The first kappa shape index (κ1) is 18.3. The van der Waals surface area contributed by atoms with Gasteiger partial charge in [0.2, 0.25) is 0 Å². The predicted molar refractivity (Wildman–Crippen MR) is 104 cm³/mol. The average Bonchev–Trinajstić information content (AvgIpc) is 3.14. The lowest BCUT2D eigenvalue weighted by molar-refractivity contribution is -0.136. The van der Waals surface area contributed by atoms with Gasteiger partial charge in [-0.1, -0.05) is 30.3 Å². The molecule has 1 aliphatic heterocycles. The fourth-order valence-corrected chi connectivity index (χ4v) is 4.24. The number of Topliss-reactive ketones (excluding diaryl/α,β-unsaturated/α-hetero) is 1. The number of hydrogen-bond donors (Lipinski definition) is 0. The zero-order chi connectivity index (χ0) is 19.8. The zero-order valence-electron chi connectivity index (χ0n) is 16.3. The summed E-state index contributed by atoms with van der Waals surface area (Å²) < 4.78 is 10.8. The molecule has 2 atom stereocenters. The van der Waals surface area contributed by atoms with E-state index in [9.17, 15) is 9.59 Å². The second-order valence-corrected chi connectivity index (χ2v) is 7.37. The summed E-state index contributed by atoms with van der Waals surface area (Å²) in [6.45, 7) is 1.85. The average molecular weight is 377 g/mol. The van der Waals surface area contributed by atoms with Crippen LogP contribution in [0.15, 0.2) is 69.9 Å². The third-order valence-electron chi connectivity index (χ3n) is 5.58. The SMILES string of the molecule is COC(=O)C1=CN(C)C2=C(C(=O)CC(c3ccccc3)C2)C1c1ccc(C)o1. The number of carbonyl (C=O) groups excluding carboxylic acids is 2. The number of rotatable bonds is 3. The molecule has 5 heteroatoms. The largest absolute Gasteiger partial charge is 0.466 e. The van der Waals surface area contributed by atoms with E-state index in [-0.39, 0.29) is 11.7 Å². The second-order valence-electron chi connectivity index (χ2n) is 7.37. The summed E-state index contributed by atoms with van der Waals surface area (Å²) in [5.74, 6) is 0.538. The minimum absolute atomic E-state index is 0.0514. The van der Waals surface area contributed by atoms with Crippen LogP contribution >= 0.6 is 0 Å². The summed E-state index contributed by atoms with van der Waals surface area (Å²) >= 11 is 0. The molecule has 0 fully saturated rings. The smallest absolute Gasteiger partial charge is 0.336 e. The monoisotopic (exact) mass is 377 g/mol. The number of allylic oxidation sites excluding steroid dienone is 2. The van der Waals surface area contributed by atoms with Crippen LogP contribution in [-0.2, 0) is 14.3 Å². The lowest BCUT2D eigenvalue weighted by Crippen LogP contribution is -2.34. The number of esters is 1. The predicted octanol–water partition coefficient (Wildman–Crippen LogP) is 4.07. The fourth-order valence-electron chi connectivity index (χ4n) is 4.24. The van der Waals surface area contributed by atoms with E-state index in [0.717, 1.165) is 23.4 Å². The number of ketones is 1. The van der Waals surface area contributed by atoms with Gasteiger partial charge in [0.15, 0.2) is 5.78 Å². The van der Waals surface area contributed by atoms with Crippen LogP contribution in [0.25, 0.3) is 0 Å². The maximum atomic E-state index is 13.3. The number of ether oxygens (including phenoxy) is 1. The second kappa shape index (κ2) is 7.15. The molecule has 28 heavy (non-hydrogen) atoms. The number of methoxy groups -OCH3 is 1. The van der Waals surface area contributed by atoms with Crippen LogP contribution in [-0.4, -0.2) is 30.8 Å². The molecule has 4 rings (SSSR count). The third kappa shape index (κ3) is 3.07. The van der Waals surface area contributed by atoms with Crippen molar-refractivity contribution in [2.45, 2.75) is 31.6 Å². The molecule has 0 saturated heterocycles. The van der Waals surface area contributed by atoms with Gasteiger partial charge in [0.25, 0.3) is 0 Å². The van der Waals surface area contributed by atoms with Crippen molar-refractivity contribution in [3.8, 4) is 0 Å². The van der Waals surface area contributed by atoms with Gasteiger partial charge in [-0.3, -0.25) is 4.79 Å². The molecule has 0 spiro atoms. The van der Waals surface area contributed by atoms with Crippen molar-refractivity contribution in [1.29, 1.82) is 0 Å². The van der Waals surface area contributed by atoms with Gasteiger partial charge in [0.1, 0.15) is 11.5 Å². The Bertz CT molecular complexity index is 983. The maximum Gasteiger partial charge on any atom is 0.336 e. The molecule has 1 aromatic carbocycles. The molecule has 0 bridgehead atoms. The van der Waals surface area contributed by atoms with E-state index >= 15 is 0 Å². The van der Waals surface area contributed by atoms with Crippen molar-refractivity contribution in [3.05, 3.63) is 82.6 Å². The number of aryl methyl sites for hydroxylation is 1. The Labute approximate surface area is 164 Å². The van der Waals surface area contributed by atoms with Gasteiger partial charge in [-0.25, -0.2) is 4.79 Å². The molecule has 2 aliphatic rings. The molecule has 0 amide bonds. The Balaban J connectivity index is 1.80. The molecule has 1 aliphatic carbocycles. The molecule has 0 N–H and O–H groups in total. The van der Waals surface area contributed by atoms with Crippen molar-refractivity contribution in [2.24, 2.45) is 0 Å². The molecular weight excluding hydrogens is 354 g/mol. The van der Waals surface area contributed by atoms with E-state index in [1.165, 1.54) is 7.11 Å². The topological polar surface area (TPSA) is 59.8 Å². The lowest BCUT2D eigenvalue weighted by Gasteiger charge is -2.37. The highest BCUT2D eigenvalue weighted by atomic mass is 16.5. The van der Waals surface area contributed by atoms with Gasteiger partial charge in [0, 0.05) is 30.9 Å². The number of furan rings is 1. The van der Waals surface area contributed by atoms with E-state index in [2.05, 4.69) is 12.1 Å². The summed E-state index contributed by atoms with van der Waals surface area (Å²) in [6.07, 6.45) is 2.93. The van der Waals surface area contributed by atoms with E-state index in [4.69, 9.17) is 9.15 Å². The Morgan fingerprint density at radius 1 is 1.14 bits per heavy atom. The van der Waals surface area contributed by atoms with Crippen LogP contribution < -0.4 is 0 Å². The van der Waals surface area contributed by atoms with Crippen LogP contribution in [0, 0.1) is 6.92 Å². The minimum atomic E-state index is -0.531. The molecule has 0 radical (unpaired) electrons. The Hall–Kier alpha value is -3.08. The quantitative estimate of drug-likeness (QED) is 0.755. The van der Waals surface area contributed by atoms with E-state index in [1.54, 1.807) is 6.20 Å². The highest BCUT2D eigenvalue weighted by Gasteiger charge is 2.42. The first-order valence-corrected chi connectivity index (χ1v) is 9.40. The lowest BCUT2D eigenvalue weighted by atomic mass is 9.73. The number of nitrogens with zero attached hydrogens (tertiary/aromatic N) is 1. The molecule has 5 nitrogen and oxygen atoms in total. The van der Waals surface area contributed by atoms with Gasteiger partial charge in [-0.2, -0.15) is 0 Å². The summed E-state index contributed by atoms with van der Waals surface area (Å²) in [6, 6.07) is 13.8. The van der Waals surface area contributed by atoms with E-state index < -0.39 is 11.9 Å². The fraction of sp³-hybridized carbons (Fsp3) is 0.304. The first-order valence-electron chi connectivity index (χ1n) is 9.40. The molecule has 2 heterocycles. The normalized spacial score (nSPS) is 22.0. The molecular formula is C23H23NO4. The standard InChI is InChI=1S/C23H23NO4/c1-14-9-10-20(28-14)21-17(23(26)27-3)13-24(2)18-11-16(12-19(25)22(18)21)15-7-5-4-6-8-15/h4-10,13,16,21H,11-12H2,1-3H3. The van der Waals surface area contributed by atoms with Crippen LogP contribution in [0.3, 0.4) is 0 Å². The minimum Gasteiger partial charge on any atom is -0.466 e. The first-order chi connectivity index (χ1) is 13.5. The summed E-state index contributed by atoms with van der Waals surface area (Å²) in [4.78, 5) is 27.7. The summed E-state index contributed by atoms with van der Waals surface area (Å²) in [5, 5.41) is 0. The van der Waals surface area contributed by atoms with Crippen molar-refractivity contribution < 1.29 is 18.7 Å². The molecule has 0 saturated carbocycles. The van der Waals surface area contributed by atoms with Gasteiger partial charge >= 0.3 is 5.97 Å². The Morgan fingerprint density at radius 2 is 1.89 bits per heavy atom. The van der Waals surface area contributed by atoms with E-state index in [1.807, 2.05) is 49.2 Å². The molecule has 2 unspecified atom stereocenters. The number of carbonyl (C=O) groups is 2. The van der Waals surface area contributed by atoms with Crippen LogP contribution in [0.5, 0.6) is 0 Å².